The number of rotatable bonds is 20. The number of epoxide rings is 2. The molecule has 0 aromatic carbocycles. The van der Waals surface area contributed by atoms with Gasteiger partial charge >= 0.3 is 0 Å². The second-order valence-electron chi connectivity index (χ2n) is 12.8. The molecule has 3 unspecified atom stereocenters. The van der Waals surface area contributed by atoms with Crippen LogP contribution < -0.4 is 0 Å². The van der Waals surface area contributed by atoms with Crippen molar-refractivity contribution in [2.75, 3.05) is 39.6 Å². The Morgan fingerprint density at radius 1 is 0.714 bits per heavy atom. The molecule has 2 aliphatic rings. The Balaban J connectivity index is 1.93. The molecule has 2 saturated heterocycles. The molecule has 35 heavy (non-hydrogen) atoms. The van der Waals surface area contributed by atoms with Crippen molar-refractivity contribution in [1.29, 1.82) is 0 Å². The third-order valence-electron chi connectivity index (χ3n) is 8.61. The van der Waals surface area contributed by atoms with E-state index in [2.05, 4.69) is 67.0 Å². The highest BCUT2D eigenvalue weighted by Crippen LogP contribution is 2.41. The highest BCUT2D eigenvalue weighted by atomic mass is 28.4. The fourth-order valence-electron chi connectivity index (χ4n) is 4.88. The smallest absolute Gasteiger partial charge is 0.216 e. The Labute approximate surface area is 219 Å². The van der Waals surface area contributed by atoms with Gasteiger partial charge in [-0.25, -0.2) is 0 Å². The van der Waals surface area contributed by atoms with E-state index in [9.17, 15) is 0 Å². The SMILES string of the molecule is CCC(C)(O[Si](C)(C)[C@](C)(CC)O[Si](C)(C)CCCOCC1CO1)[Si](C)(C)CCCOCC1CO1. The van der Waals surface area contributed by atoms with Gasteiger partial charge in [0.05, 0.1) is 39.7 Å². The van der Waals surface area contributed by atoms with Gasteiger partial charge in [-0.1, -0.05) is 33.0 Å². The van der Waals surface area contributed by atoms with Crippen LogP contribution in [0.25, 0.3) is 0 Å². The monoisotopic (exact) mass is 548 g/mol. The molecule has 2 heterocycles. The summed E-state index contributed by atoms with van der Waals surface area (Å²) in [5, 5.41) is -0.285. The summed E-state index contributed by atoms with van der Waals surface area (Å²) < 4.78 is 36.5. The van der Waals surface area contributed by atoms with Crippen LogP contribution in [-0.2, 0) is 27.8 Å². The third-order valence-corrected chi connectivity index (χ3v) is 20.5. The Bertz CT molecular complexity index is 639. The normalized spacial score (nSPS) is 24.2. The summed E-state index contributed by atoms with van der Waals surface area (Å²) in [7, 11) is -5.75. The summed E-state index contributed by atoms with van der Waals surface area (Å²) in [5.74, 6) is 0. The number of hydrogen-bond acceptors (Lipinski definition) is 6. The van der Waals surface area contributed by atoms with Gasteiger partial charge in [-0.05, 0) is 71.8 Å². The second-order valence-corrected chi connectivity index (χ2v) is 26.6. The first-order valence-corrected chi connectivity index (χ1v) is 23.2. The summed E-state index contributed by atoms with van der Waals surface area (Å²) in [6.07, 6.45) is 4.87. The largest absolute Gasteiger partial charge is 0.412 e. The molecular formula is C26H56O6Si3. The van der Waals surface area contributed by atoms with Crippen molar-refractivity contribution in [3.05, 3.63) is 0 Å². The van der Waals surface area contributed by atoms with Crippen molar-refractivity contribution in [2.24, 2.45) is 0 Å². The number of ether oxygens (including phenoxy) is 4. The van der Waals surface area contributed by atoms with Crippen molar-refractivity contribution < 1.29 is 27.8 Å². The molecule has 0 saturated carbocycles. The van der Waals surface area contributed by atoms with E-state index in [4.69, 9.17) is 27.8 Å². The van der Waals surface area contributed by atoms with Gasteiger partial charge in [-0.3, -0.25) is 0 Å². The lowest BCUT2D eigenvalue weighted by Gasteiger charge is -2.53. The zero-order chi connectivity index (χ0) is 26.4. The lowest BCUT2D eigenvalue weighted by molar-refractivity contribution is 0.0733. The molecule has 0 amide bonds. The predicted octanol–water partition coefficient (Wildman–Crippen LogP) is 6.17. The molecule has 0 aliphatic carbocycles. The molecule has 0 spiro atoms. The van der Waals surface area contributed by atoms with Crippen LogP contribution in [0.5, 0.6) is 0 Å². The molecular weight excluding hydrogens is 493 g/mol. The molecule has 4 atom stereocenters. The predicted molar refractivity (Wildman–Crippen MR) is 152 cm³/mol. The zero-order valence-electron chi connectivity index (χ0n) is 24.6. The molecule has 2 aliphatic heterocycles. The van der Waals surface area contributed by atoms with Gasteiger partial charge in [0.25, 0.3) is 0 Å². The number of hydrogen-bond donors (Lipinski definition) is 0. The topological polar surface area (TPSA) is 62.0 Å². The van der Waals surface area contributed by atoms with Gasteiger partial charge in [-0.15, -0.1) is 0 Å². The van der Waals surface area contributed by atoms with Gasteiger partial charge in [0.2, 0.25) is 8.32 Å². The first kappa shape index (κ1) is 31.6. The van der Waals surface area contributed by atoms with Crippen LogP contribution in [0, 0.1) is 0 Å². The average molecular weight is 549 g/mol. The van der Waals surface area contributed by atoms with Crippen molar-refractivity contribution >= 4 is 24.7 Å². The highest BCUT2D eigenvalue weighted by Gasteiger charge is 2.53. The average Bonchev–Trinajstić information content (AvgIpc) is 3.67. The lowest BCUT2D eigenvalue weighted by atomic mass is 10.3. The zero-order valence-corrected chi connectivity index (χ0v) is 27.6. The van der Waals surface area contributed by atoms with Crippen LogP contribution in [0.4, 0.5) is 0 Å². The van der Waals surface area contributed by atoms with Crippen LogP contribution in [0.15, 0.2) is 0 Å². The van der Waals surface area contributed by atoms with Gasteiger partial charge in [0.15, 0.2) is 8.32 Å². The Hall–Kier alpha value is 0.411. The van der Waals surface area contributed by atoms with Gasteiger partial charge < -0.3 is 27.8 Å². The molecule has 0 aromatic heterocycles. The third kappa shape index (κ3) is 9.90. The summed E-state index contributed by atoms with van der Waals surface area (Å²) >= 11 is 0. The molecule has 0 N–H and O–H groups in total. The summed E-state index contributed by atoms with van der Waals surface area (Å²) in [4.78, 5) is 0. The van der Waals surface area contributed by atoms with Crippen LogP contribution in [0.1, 0.15) is 53.4 Å². The van der Waals surface area contributed by atoms with Gasteiger partial charge in [0, 0.05) is 18.4 Å². The Morgan fingerprint density at radius 3 is 1.60 bits per heavy atom. The minimum atomic E-state index is -2.20. The van der Waals surface area contributed by atoms with Gasteiger partial charge in [0.1, 0.15) is 12.2 Å². The Morgan fingerprint density at radius 2 is 1.17 bits per heavy atom. The maximum Gasteiger partial charge on any atom is 0.216 e. The van der Waals surface area contributed by atoms with Crippen LogP contribution in [-0.4, -0.2) is 87.0 Å². The van der Waals surface area contributed by atoms with Crippen molar-refractivity contribution in [3.8, 4) is 0 Å². The summed E-state index contributed by atoms with van der Waals surface area (Å²) in [6, 6.07) is 2.32. The quantitative estimate of drug-likeness (QED) is 0.103. The van der Waals surface area contributed by atoms with Crippen LogP contribution in [0.2, 0.25) is 51.4 Å². The standard InChI is InChI=1S/C26H56O6Si3/c1-11-25(3,33(5,6)17-13-15-27-19-23-21-29-23)32-35(9,10)26(4,12-2)31-34(7,8)18-14-16-28-20-24-22-30-24/h23-24H,11-22H2,1-10H3/t23?,24?,25?,26-/m1/s1. The molecule has 6 nitrogen and oxygen atoms in total. The molecule has 0 radical (unpaired) electrons. The summed E-state index contributed by atoms with van der Waals surface area (Å²) in [6.45, 7) is 28.6. The van der Waals surface area contributed by atoms with E-state index in [0.717, 1.165) is 71.4 Å². The lowest BCUT2D eigenvalue weighted by Crippen LogP contribution is -2.66. The van der Waals surface area contributed by atoms with Crippen molar-refractivity contribution in [3.63, 3.8) is 0 Å². The van der Waals surface area contributed by atoms with E-state index in [-0.39, 0.29) is 10.4 Å². The van der Waals surface area contributed by atoms with E-state index in [1.54, 1.807) is 0 Å². The van der Waals surface area contributed by atoms with E-state index >= 15 is 0 Å². The Kier molecular flexibility index (Phi) is 11.7. The second kappa shape index (κ2) is 13.0. The van der Waals surface area contributed by atoms with E-state index in [1.165, 1.54) is 6.04 Å². The van der Waals surface area contributed by atoms with E-state index in [0.29, 0.717) is 12.2 Å². The van der Waals surface area contributed by atoms with Gasteiger partial charge in [-0.2, -0.15) is 0 Å². The maximum atomic E-state index is 7.32. The molecule has 0 aromatic rings. The molecule has 208 valence electrons. The van der Waals surface area contributed by atoms with E-state index in [1.807, 2.05) is 0 Å². The minimum absolute atomic E-state index is 0.0768. The van der Waals surface area contributed by atoms with Crippen molar-refractivity contribution in [2.45, 2.75) is 127 Å². The molecule has 2 fully saturated rings. The van der Waals surface area contributed by atoms with Crippen LogP contribution in [0.3, 0.4) is 0 Å². The first-order valence-electron chi connectivity index (χ1n) is 14.0. The fraction of sp³-hybridized carbons (Fsp3) is 1.00. The van der Waals surface area contributed by atoms with Crippen molar-refractivity contribution in [1.82, 2.24) is 0 Å². The molecule has 9 heteroatoms. The molecule has 2 rings (SSSR count). The minimum Gasteiger partial charge on any atom is -0.412 e. The molecule has 0 bridgehead atoms. The first-order chi connectivity index (χ1) is 16.2. The highest BCUT2D eigenvalue weighted by molar-refractivity contribution is 6.82. The maximum absolute atomic E-state index is 7.32. The van der Waals surface area contributed by atoms with Crippen LogP contribution >= 0.6 is 0 Å². The van der Waals surface area contributed by atoms with E-state index < -0.39 is 24.7 Å². The summed E-state index contributed by atoms with van der Waals surface area (Å²) in [5.41, 5.74) is 0. The fourth-order valence-corrected chi connectivity index (χ4v) is 15.9.